The summed E-state index contributed by atoms with van der Waals surface area (Å²) in [5, 5.41) is 4.01. The average Bonchev–Trinajstić information content (AvgIpc) is 3.19. The van der Waals surface area contributed by atoms with Crippen LogP contribution < -0.4 is 5.32 Å². The number of hydrogen-bond donors (Lipinski definition) is 1. The van der Waals surface area contributed by atoms with E-state index in [1.807, 2.05) is 18.2 Å². The summed E-state index contributed by atoms with van der Waals surface area (Å²) in [6, 6.07) is 6.16. The minimum atomic E-state index is -4.60. The number of hydrogen-bond acceptors (Lipinski definition) is 3. The lowest BCUT2D eigenvalue weighted by molar-refractivity contribution is -0.177. The molecule has 29 heavy (non-hydrogen) atoms. The molecule has 2 amide bonds. The van der Waals surface area contributed by atoms with Crippen LogP contribution in [0.25, 0.3) is 0 Å². The summed E-state index contributed by atoms with van der Waals surface area (Å²) in [6.45, 7) is 0.279. The van der Waals surface area contributed by atoms with Crippen molar-refractivity contribution >= 4 is 23.3 Å². The zero-order valence-electron chi connectivity index (χ0n) is 15.7. The number of nitrogens with zero attached hydrogens (tertiary/aromatic N) is 3. The Morgan fingerprint density at radius 1 is 1.17 bits per heavy atom. The normalized spacial score (nSPS) is 20.2. The van der Waals surface area contributed by atoms with E-state index in [0.29, 0.717) is 10.7 Å². The third-order valence-corrected chi connectivity index (χ3v) is 5.64. The van der Waals surface area contributed by atoms with Gasteiger partial charge in [0, 0.05) is 31.2 Å². The number of likely N-dealkylation sites (N-methyl/N-ethyl adjacent to an activating group) is 1. The second-order valence-corrected chi connectivity index (χ2v) is 7.91. The monoisotopic (exact) mass is 424 g/mol. The number of rotatable bonds is 4. The molecule has 0 radical (unpaired) electrons. The Kier molecular flexibility index (Phi) is 5.06. The Morgan fingerprint density at radius 2 is 1.93 bits per heavy atom. The van der Waals surface area contributed by atoms with Crippen LogP contribution >= 0.6 is 11.6 Å². The third kappa shape index (κ3) is 3.99. The van der Waals surface area contributed by atoms with Gasteiger partial charge in [-0.3, -0.25) is 4.98 Å². The SMILES string of the molecule is CN1CCN(C(c2ccc(NC3Cc4ccc(Cl)cc4C3)cn2)C(F)(F)F)C1=O. The molecule has 0 bridgehead atoms. The van der Waals surface area contributed by atoms with Crippen molar-refractivity contribution in [2.24, 2.45) is 0 Å². The highest BCUT2D eigenvalue weighted by Crippen LogP contribution is 2.38. The van der Waals surface area contributed by atoms with Crippen LogP contribution in [0.15, 0.2) is 36.5 Å². The molecule has 4 rings (SSSR count). The number of halogens is 4. The van der Waals surface area contributed by atoms with Gasteiger partial charge >= 0.3 is 12.2 Å². The van der Waals surface area contributed by atoms with Gasteiger partial charge in [-0.05, 0) is 48.2 Å². The van der Waals surface area contributed by atoms with Gasteiger partial charge in [0.05, 0.1) is 17.6 Å². The van der Waals surface area contributed by atoms with E-state index < -0.39 is 18.2 Å². The van der Waals surface area contributed by atoms with Crippen molar-refractivity contribution < 1.29 is 18.0 Å². The highest BCUT2D eigenvalue weighted by atomic mass is 35.5. The van der Waals surface area contributed by atoms with Crippen molar-refractivity contribution in [3.8, 4) is 0 Å². The topological polar surface area (TPSA) is 48.5 Å². The van der Waals surface area contributed by atoms with E-state index in [2.05, 4.69) is 10.3 Å². The zero-order chi connectivity index (χ0) is 20.8. The lowest BCUT2D eigenvalue weighted by atomic mass is 10.1. The number of carbonyl (C=O) groups is 1. The van der Waals surface area contributed by atoms with Crippen molar-refractivity contribution in [1.82, 2.24) is 14.8 Å². The van der Waals surface area contributed by atoms with E-state index in [-0.39, 0.29) is 24.8 Å². The van der Waals surface area contributed by atoms with Crippen LogP contribution in [0, 0.1) is 0 Å². The van der Waals surface area contributed by atoms with E-state index in [1.165, 1.54) is 35.3 Å². The molecule has 1 N–H and O–H groups in total. The maximum atomic E-state index is 13.7. The van der Waals surface area contributed by atoms with Gasteiger partial charge in [-0.1, -0.05) is 17.7 Å². The third-order valence-electron chi connectivity index (χ3n) is 5.41. The summed E-state index contributed by atoms with van der Waals surface area (Å²) in [5.74, 6) is 0. The first-order valence-corrected chi connectivity index (χ1v) is 9.68. The molecule has 1 aromatic carbocycles. The van der Waals surface area contributed by atoms with Gasteiger partial charge in [-0.25, -0.2) is 4.79 Å². The van der Waals surface area contributed by atoms with Crippen LogP contribution in [0.1, 0.15) is 22.9 Å². The zero-order valence-corrected chi connectivity index (χ0v) is 16.5. The van der Waals surface area contributed by atoms with E-state index >= 15 is 0 Å². The fraction of sp³-hybridized carbons (Fsp3) is 0.400. The number of aromatic nitrogens is 1. The quantitative estimate of drug-likeness (QED) is 0.796. The number of fused-ring (bicyclic) bond motifs is 1. The molecule has 2 aliphatic rings. The lowest BCUT2D eigenvalue weighted by Gasteiger charge is -2.29. The van der Waals surface area contributed by atoms with Crippen molar-refractivity contribution in [3.63, 3.8) is 0 Å². The molecule has 2 unspecified atom stereocenters. The van der Waals surface area contributed by atoms with Crippen molar-refractivity contribution in [1.29, 1.82) is 0 Å². The fourth-order valence-electron chi connectivity index (χ4n) is 3.99. The number of benzene rings is 1. The number of anilines is 1. The molecule has 2 atom stereocenters. The second kappa shape index (κ2) is 7.40. The summed E-state index contributed by atoms with van der Waals surface area (Å²) < 4.78 is 41.1. The Bertz CT molecular complexity index is 919. The van der Waals surface area contributed by atoms with Gasteiger partial charge in [0.2, 0.25) is 0 Å². The van der Waals surface area contributed by atoms with Crippen molar-refractivity contribution in [2.45, 2.75) is 31.1 Å². The Hall–Kier alpha value is -2.48. The summed E-state index contributed by atoms with van der Waals surface area (Å²) in [5.41, 5.74) is 2.84. The molecular weight excluding hydrogens is 405 g/mol. The molecule has 1 aromatic heterocycles. The Labute approximate surface area is 171 Å². The largest absolute Gasteiger partial charge is 0.414 e. The molecule has 154 valence electrons. The van der Waals surface area contributed by atoms with Crippen LogP contribution in [0.2, 0.25) is 5.02 Å². The molecule has 1 aliphatic carbocycles. The molecule has 2 heterocycles. The number of carbonyl (C=O) groups excluding carboxylic acids is 1. The molecule has 0 spiro atoms. The minimum absolute atomic E-state index is 0.0179. The van der Waals surface area contributed by atoms with E-state index in [0.717, 1.165) is 17.7 Å². The van der Waals surface area contributed by atoms with Crippen LogP contribution in [0.5, 0.6) is 0 Å². The number of amides is 2. The second-order valence-electron chi connectivity index (χ2n) is 7.48. The number of urea groups is 1. The van der Waals surface area contributed by atoms with Crippen LogP contribution in [0.3, 0.4) is 0 Å². The smallest absolute Gasteiger partial charge is 0.380 e. The highest BCUT2D eigenvalue weighted by Gasteiger charge is 2.49. The summed E-state index contributed by atoms with van der Waals surface area (Å²) in [7, 11) is 1.49. The van der Waals surface area contributed by atoms with Gasteiger partial charge in [0.25, 0.3) is 0 Å². The molecule has 2 aromatic rings. The first-order valence-electron chi connectivity index (χ1n) is 9.30. The maximum absolute atomic E-state index is 13.7. The van der Waals surface area contributed by atoms with E-state index in [4.69, 9.17) is 11.6 Å². The Morgan fingerprint density at radius 3 is 2.55 bits per heavy atom. The molecule has 0 saturated carbocycles. The number of pyridine rings is 1. The fourth-order valence-corrected chi connectivity index (χ4v) is 4.18. The van der Waals surface area contributed by atoms with Gasteiger partial charge in [-0.2, -0.15) is 13.2 Å². The molecule has 1 saturated heterocycles. The first kappa shape index (κ1) is 19.8. The predicted octanol–water partition coefficient (Wildman–Crippen LogP) is 4.29. The van der Waals surface area contributed by atoms with Gasteiger partial charge in [-0.15, -0.1) is 0 Å². The first-order chi connectivity index (χ1) is 13.7. The summed E-state index contributed by atoms with van der Waals surface area (Å²) >= 11 is 6.03. The standard InChI is InChI=1S/C20H20ClF3N4O/c1-27-6-7-28(19(27)29)18(20(22,23)24)17-5-4-15(11-25-17)26-16-9-12-2-3-14(21)8-13(12)10-16/h2-5,8,11,16,18,26H,6-7,9-10H2,1H3. The van der Waals surface area contributed by atoms with E-state index in [9.17, 15) is 18.0 Å². The van der Waals surface area contributed by atoms with Crippen LogP contribution in [-0.4, -0.2) is 53.2 Å². The van der Waals surface area contributed by atoms with Gasteiger partial charge < -0.3 is 15.1 Å². The molecule has 1 fully saturated rings. The van der Waals surface area contributed by atoms with Crippen LogP contribution in [-0.2, 0) is 12.8 Å². The lowest BCUT2D eigenvalue weighted by Crippen LogP contribution is -2.41. The maximum Gasteiger partial charge on any atom is 0.414 e. The molecule has 5 nitrogen and oxygen atoms in total. The Balaban J connectivity index is 1.49. The summed E-state index contributed by atoms with van der Waals surface area (Å²) in [6.07, 6.45) is -1.60. The van der Waals surface area contributed by atoms with Crippen molar-refractivity contribution in [3.05, 3.63) is 58.4 Å². The predicted molar refractivity (Wildman–Crippen MR) is 104 cm³/mol. The summed E-state index contributed by atoms with van der Waals surface area (Å²) in [4.78, 5) is 18.2. The van der Waals surface area contributed by atoms with Gasteiger partial charge in [0.1, 0.15) is 0 Å². The number of alkyl halides is 3. The van der Waals surface area contributed by atoms with Crippen molar-refractivity contribution in [2.75, 3.05) is 25.5 Å². The number of nitrogens with one attached hydrogen (secondary N) is 1. The van der Waals surface area contributed by atoms with Gasteiger partial charge in [0.15, 0.2) is 6.04 Å². The molecular formula is C20H20ClF3N4O. The molecule has 1 aliphatic heterocycles. The highest BCUT2D eigenvalue weighted by molar-refractivity contribution is 6.30. The van der Waals surface area contributed by atoms with Crippen LogP contribution in [0.4, 0.5) is 23.7 Å². The average molecular weight is 425 g/mol. The van der Waals surface area contributed by atoms with E-state index in [1.54, 1.807) is 6.07 Å². The molecule has 9 heteroatoms. The minimum Gasteiger partial charge on any atom is -0.380 e.